The van der Waals surface area contributed by atoms with Gasteiger partial charge in [-0.1, -0.05) is 53.5 Å². The Kier molecular flexibility index (Phi) is 6.28. The van der Waals surface area contributed by atoms with Crippen molar-refractivity contribution in [2.75, 3.05) is 5.43 Å². The number of nitrogens with zero attached hydrogens (tertiary/aromatic N) is 3. The van der Waals surface area contributed by atoms with Crippen LogP contribution in [0.5, 0.6) is 5.75 Å². The predicted molar refractivity (Wildman–Crippen MR) is 112 cm³/mol. The molecule has 0 saturated heterocycles. The van der Waals surface area contributed by atoms with Crippen molar-refractivity contribution in [1.29, 1.82) is 0 Å². The lowest BCUT2D eigenvalue weighted by Gasteiger charge is -2.13. The van der Waals surface area contributed by atoms with E-state index in [0.29, 0.717) is 26.9 Å². The first-order chi connectivity index (χ1) is 13.4. The number of aromatic amines is 1. The van der Waals surface area contributed by atoms with E-state index >= 15 is 0 Å². The van der Waals surface area contributed by atoms with Crippen molar-refractivity contribution >= 4 is 35.4 Å². The molecule has 0 bridgehead atoms. The molecule has 144 valence electrons. The summed E-state index contributed by atoms with van der Waals surface area (Å²) in [5, 5.41) is 12.7. The van der Waals surface area contributed by atoms with Crippen molar-refractivity contribution in [2.45, 2.75) is 20.0 Å². The van der Waals surface area contributed by atoms with Crippen LogP contribution in [0.2, 0.25) is 10.0 Å². The van der Waals surface area contributed by atoms with E-state index in [0.717, 1.165) is 0 Å². The molecule has 3 aromatic rings. The van der Waals surface area contributed by atoms with E-state index in [1.54, 1.807) is 24.3 Å². The number of aromatic nitrogens is 3. The van der Waals surface area contributed by atoms with Gasteiger partial charge < -0.3 is 4.74 Å². The van der Waals surface area contributed by atoms with Crippen LogP contribution in [0, 0.1) is 0 Å². The summed E-state index contributed by atoms with van der Waals surface area (Å²) in [6, 6.07) is 12.4. The van der Waals surface area contributed by atoms with Gasteiger partial charge in [-0.2, -0.15) is 5.10 Å². The molecular formula is C19H17Cl2N5O2. The van der Waals surface area contributed by atoms with Crippen LogP contribution in [0.15, 0.2) is 52.4 Å². The van der Waals surface area contributed by atoms with Gasteiger partial charge in [-0.25, -0.2) is 5.43 Å². The molecule has 0 spiro atoms. The first-order valence-corrected chi connectivity index (χ1v) is 9.17. The van der Waals surface area contributed by atoms with Crippen molar-refractivity contribution in [2.24, 2.45) is 5.10 Å². The third-order valence-corrected chi connectivity index (χ3v) is 4.06. The number of halogens is 2. The van der Waals surface area contributed by atoms with Crippen LogP contribution in [0.25, 0.3) is 11.3 Å². The minimum absolute atomic E-state index is 0.0505. The maximum atomic E-state index is 12.2. The molecule has 0 aliphatic heterocycles. The molecular weight excluding hydrogens is 401 g/mol. The molecule has 2 N–H and O–H groups in total. The fourth-order valence-corrected chi connectivity index (χ4v) is 2.94. The highest BCUT2D eigenvalue weighted by atomic mass is 35.5. The summed E-state index contributed by atoms with van der Waals surface area (Å²) in [5.41, 5.74) is 3.81. The molecule has 28 heavy (non-hydrogen) atoms. The van der Waals surface area contributed by atoms with Gasteiger partial charge in [-0.05, 0) is 31.5 Å². The van der Waals surface area contributed by atoms with E-state index in [9.17, 15) is 4.79 Å². The number of hydrazone groups is 1. The number of benzene rings is 2. The van der Waals surface area contributed by atoms with Crippen molar-refractivity contribution in [3.05, 3.63) is 68.4 Å². The first-order valence-electron chi connectivity index (χ1n) is 8.41. The smallest absolute Gasteiger partial charge is 0.279 e. The van der Waals surface area contributed by atoms with Gasteiger partial charge in [0.2, 0.25) is 5.95 Å². The van der Waals surface area contributed by atoms with Crippen LogP contribution in [-0.2, 0) is 0 Å². The zero-order valence-electron chi connectivity index (χ0n) is 15.1. The third-order valence-electron chi connectivity index (χ3n) is 3.50. The summed E-state index contributed by atoms with van der Waals surface area (Å²) >= 11 is 12.4. The summed E-state index contributed by atoms with van der Waals surface area (Å²) in [4.78, 5) is 14.8. The molecule has 9 heteroatoms. The number of anilines is 1. The van der Waals surface area contributed by atoms with Crippen LogP contribution in [0.4, 0.5) is 5.95 Å². The Balaban J connectivity index is 1.73. The quantitative estimate of drug-likeness (QED) is 0.458. The van der Waals surface area contributed by atoms with Crippen LogP contribution in [0.1, 0.15) is 19.4 Å². The Morgan fingerprint density at radius 3 is 2.43 bits per heavy atom. The van der Waals surface area contributed by atoms with E-state index in [-0.39, 0.29) is 23.3 Å². The Morgan fingerprint density at radius 1 is 1.14 bits per heavy atom. The highest BCUT2D eigenvalue weighted by molar-refractivity contribution is 6.37. The number of rotatable bonds is 6. The monoisotopic (exact) mass is 417 g/mol. The lowest BCUT2D eigenvalue weighted by molar-refractivity contribution is 0.243. The average Bonchev–Trinajstić information content (AvgIpc) is 2.65. The lowest BCUT2D eigenvalue weighted by Crippen LogP contribution is -2.15. The maximum Gasteiger partial charge on any atom is 0.279 e. The molecule has 3 rings (SSSR count). The zero-order valence-corrected chi connectivity index (χ0v) is 16.6. The van der Waals surface area contributed by atoms with Gasteiger partial charge in [0.1, 0.15) is 0 Å². The van der Waals surface area contributed by atoms with Crippen molar-refractivity contribution < 1.29 is 4.74 Å². The molecule has 0 aliphatic rings. The number of hydrogen-bond acceptors (Lipinski definition) is 6. The third kappa shape index (κ3) is 4.88. The van der Waals surface area contributed by atoms with Gasteiger partial charge in [0.05, 0.1) is 22.4 Å². The first kappa shape index (κ1) is 19.9. The van der Waals surface area contributed by atoms with Crippen LogP contribution in [0.3, 0.4) is 0 Å². The molecule has 7 nitrogen and oxygen atoms in total. The Labute approximate surface area is 171 Å². The second kappa shape index (κ2) is 8.86. The Hall–Kier alpha value is -2.90. The molecule has 0 saturated carbocycles. The SMILES string of the molecule is CC(C)Oc1c(Cl)cc(/C=N/Nc2nnc(-c3ccccc3)c(=O)[nH]2)cc1Cl. The van der Waals surface area contributed by atoms with Gasteiger partial charge in [-0.3, -0.25) is 9.78 Å². The molecule has 0 atom stereocenters. The fraction of sp³-hybridized carbons (Fsp3) is 0.158. The van der Waals surface area contributed by atoms with Crippen molar-refractivity contribution in [1.82, 2.24) is 15.2 Å². The van der Waals surface area contributed by atoms with Crippen molar-refractivity contribution in [3.63, 3.8) is 0 Å². The minimum Gasteiger partial charge on any atom is -0.488 e. The maximum absolute atomic E-state index is 12.2. The summed E-state index contributed by atoms with van der Waals surface area (Å²) in [5.74, 6) is 0.535. The Bertz CT molecular complexity index is 1030. The van der Waals surface area contributed by atoms with Crippen LogP contribution >= 0.6 is 23.2 Å². The molecule has 1 aromatic heterocycles. The van der Waals surface area contributed by atoms with E-state index in [1.165, 1.54) is 6.21 Å². The number of nitrogens with one attached hydrogen (secondary N) is 2. The zero-order chi connectivity index (χ0) is 20.1. The molecule has 0 aliphatic carbocycles. The number of H-pyrrole nitrogens is 1. The standard InChI is InChI=1S/C19H17Cl2N5O2/c1-11(2)28-17-14(20)8-12(9-15(17)21)10-22-25-19-23-18(27)16(24-26-19)13-6-4-3-5-7-13/h3-11H,1-2H3,(H2,23,25,26,27)/b22-10+. The molecule has 0 unspecified atom stereocenters. The minimum atomic E-state index is -0.375. The number of hydrogen-bond donors (Lipinski definition) is 2. The van der Waals surface area contributed by atoms with E-state index in [1.807, 2.05) is 32.0 Å². The molecule has 1 heterocycles. The molecule has 0 radical (unpaired) electrons. The van der Waals surface area contributed by atoms with Crippen LogP contribution in [-0.4, -0.2) is 27.5 Å². The van der Waals surface area contributed by atoms with Crippen LogP contribution < -0.4 is 15.7 Å². The fourth-order valence-electron chi connectivity index (χ4n) is 2.34. The molecule has 0 fully saturated rings. The summed E-state index contributed by atoms with van der Waals surface area (Å²) in [7, 11) is 0. The molecule has 2 aromatic carbocycles. The average molecular weight is 418 g/mol. The second-order valence-corrected chi connectivity index (χ2v) is 6.88. The normalized spacial score (nSPS) is 11.2. The predicted octanol–water partition coefficient (Wildman–Crippen LogP) is 4.37. The summed E-state index contributed by atoms with van der Waals surface area (Å²) in [6.07, 6.45) is 1.44. The van der Waals surface area contributed by atoms with Gasteiger partial charge in [0.15, 0.2) is 11.4 Å². The van der Waals surface area contributed by atoms with Crippen molar-refractivity contribution in [3.8, 4) is 17.0 Å². The topological polar surface area (TPSA) is 92.3 Å². The highest BCUT2D eigenvalue weighted by Gasteiger charge is 2.11. The van der Waals surface area contributed by atoms with E-state index < -0.39 is 0 Å². The van der Waals surface area contributed by atoms with Gasteiger partial charge >= 0.3 is 0 Å². The lowest BCUT2D eigenvalue weighted by atomic mass is 10.2. The number of ether oxygens (including phenoxy) is 1. The van der Waals surface area contributed by atoms with Gasteiger partial charge in [0.25, 0.3) is 5.56 Å². The van der Waals surface area contributed by atoms with E-state index in [2.05, 4.69) is 25.7 Å². The highest BCUT2D eigenvalue weighted by Crippen LogP contribution is 2.34. The van der Waals surface area contributed by atoms with Gasteiger partial charge in [0, 0.05) is 5.56 Å². The van der Waals surface area contributed by atoms with E-state index in [4.69, 9.17) is 27.9 Å². The Morgan fingerprint density at radius 2 is 1.82 bits per heavy atom. The second-order valence-electron chi connectivity index (χ2n) is 6.07. The summed E-state index contributed by atoms with van der Waals surface area (Å²) < 4.78 is 5.58. The van der Waals surface area contributed by atoms with Gasteiger partial charge in [-0.15, -0.1) is 10.2 Å². The largest absolute Gasteiger partial charge is 0.488 e. The molecule has 0 amide bonds. The summed E-state index contributed by atoms with van der Waals surface area (Å²) in [6.45, 7) is 3.77.